The minimum Gasteiger partial charge on any atom is -0.267 e. The molecule has 0 aliphatic rings. The van der Waals surface area contributed by atoms with Gasteiger partial charge >= 0.3 is 0 Å². The number of aromatic nitrogens is 4. The molecule has 62 valence electrons. The van der Waals surface area contributed by atoms with Gasteiger partial charge < -0.3 is 0 Å². The number of rotatable bonds is 1. The Morgan fingerprint density at radius 1 is 1.42 bits per heavy atom. The lowest BCUT2D eigenvalue weighted by Gasteiger charge is -2.01. The molecule has 0 unspecified atom stereocenters. The van der Waals surface area contributed by atoms with E-state index in [2.05, 4.69) is 28.9 Å². The normalized spacial score (nSPS) is 11.2. The maximum absolute atomic E-state index is 4.28. The molecule has 0 saturated heterocycles. The molecular formula is C8H10N4. The van der Waals surface area contributed by atoms with Crippen molar-refractivity contribution in [1.82, 2.24) is 19.7 Å². The second kappa shape index (κ2) is 2.55. The summed E-state index contributed by atoms with van der Waals surface area (Å²) >= 11 is 0. The fourth-order valence-electron chi connectivity index (χ4n) is 1.05. The van der Waals surface area contributed by atoms with Crippen LogP contribution >= 0.6 is 0 Å². The van der Waals surface area contributed by atoms with Crippen LogP contribution in [0.2, 0.25) is 0 Å². The Hall–Kier alpha value is -1.45. The Balaban J connectivity index is 2.62. The zero-order valence-corrected chi connectivity index (χ0v) is 7.10. The largest absolute Gasteiger partial charge is 0.267 e. The summed E-state index contributed by atoms with van der Waals surface area (Å²) < 4.78 is 1.89. The van der Waals surface area contributed by atoms with Gasteiger partial charge in [0.1, 0.15) is 6.33 Å². The lowest BCUT2D eigenvalue weighted by atomic mass is 10.4. The molecule has 4 heteroatoms. The minimum absolute atomic E-state index is 0.374. The fraction of sp³-hybridized carbons (Fsp3) is 0.375. The molecule has 0 radical (unpaired) electrons. The van der Waals surface area contributed by atoms with E-state index in [9.17, 15) is 0 Å². The SMILES string of the molecule is CC(C)n1cc2cncnc2n1. The molecule has 0 spiro atoms. The van der Waals surface area contributed by atoms with E-state index in [0.717, 1.165) is 11.0 Å². The molecule has 12 heavy (non-hydrogen) atoms. The van der Waals surface area contributed by atoms with Gasteiger partial charge in [-0.3, -0.25) is 4.68 Å². The first-order valence-electron chi connectivity index (χ1n) is 3.92. The summed E-state index contributed by atoms with van der Waals surface area (Å²) in [5, 5.41) is 5.27. The van der Waals surface area contributed by atoms with Crippen molar-refractivity contribution in [3.05, 3.63) is 18.7 Å². The lowest BCUT2D eigenvalue weighted by Crippen LogP contribution is -2.00. The molecule has 0 N–H and O–H groups in total. The number of hydrogen-bond donors (Lipinski definition) is 0. The van der Waals surface area contributed by atoms with Crippen LogP contribution in [0.5, 0.6) is 0 Å². The van der Waals surface area contributed by atoms with Crippen LogP contribution in [-0.2, 0) is 0 Å². The van der Waals surface area contributed by atoms with Crippen LogP contribution in [0.1, 0.15) is 19.9 Å². The summed E-state index contributed by atoms with van der Waals surface area (Å²) in [7, 11) is 0. The van der Waals surface area contributed by atoms with Crippen molar-refractivity contribution in [2.24, 2.45) is 0 Å². The third-order valence-corrected chi connectivity index (χ3v) is 1.73. The fourth-order valence-corrected chi connectivity index (χ4v) is 1.05. The summed E-state index contributed by atoms with van der Waals surface area (Å²) in [5.41, 5.74) is 0.763. The van der Waals surface area contributed by atoms with Gasteiger partial charge in [0.05, 0.1) is 5.39 Å². The van der Waals surface area contributed by atoms with Crippen molar-refractivity contribution in [2.45, 2.75) is 19.9 Å². The standard InChI is InChI=1S/C8H10N4/c1-6(2)12-4-7-3-9-5-10-8(7)11-12/h3-6H,1-2H3. The second-order valence-electron chi connectivity index (χ2n) is 3.00. The Morgan fingerprint density at radius 2 is 2.25 bits per heavy atom. The third kappa shape index (κ3) is 1.05. The molecule has 0 fully saturated rings. The zero-order chi connectivity index (χ0) is 8.55. The van der Waals surface area contributed by atoms with Gasteiger partial charge in [-0.2, -0.15) is 5.10 Å². The molecule has 0 amide bonds. The molecule has 4 nitrogen and oxygen atoms in total. The van der Waals surface area contributed by atoms with Gasteiger partial charge in [0, 0.05) is 18.4 Å². The predicted octanol–water partition coefficient (Wildman–Crippen LogP) is 1.41. The van der Waals surface area contributed by atoms with Crippen LogP contribution in [0.3, 0.4) is 0 Å². The van der Waals surface area contributed by atoms with Crippen LogP contribution in [-0.4, -0.2) is 19.7 Å². The molecule has 2 aromatic heterocycles. The van der Waals surface area contributed by atoms with Gasteiger partial charge in [0.15, 0.2) is 5.65 Å². The summed E-state index contributed by atoms with van der Waals surface area (Å²) in [6, 6.07) is 0.374. The molecule has 2 rings (SSSR count). The van der Waals surface area contributed by atoms with Crippen molar-refractivity contribution in [3.63, 3.8) is 0 Å². The van der Waals surface area contributed by atoms with Crippen LogP contribution in [0.15, 0.2) is 18.7 Å². The highest BCUT2D eigenvalue weighted by molar-refractivity contribution is 5.72. The molecule has 0 bridgehead atoms. The first-order chi connectivity index (χ1) is 5.77. The molecule has 2 heterocycles. The minimum atomic E-state index is 0.374. The Kier molecular flexibility index (Phi) is 1.53. The van der Waals surface area contributed by atoms with Gasteiger partial charge in [-0.05, 0) is 13.8 Å². The Bertz CT molecular complexity index is 358. The molecule has 0 saturated carbocycles. The van der Waals surface area contributed by atoms with Gasteiger partial charge in [0.2, 0.25) is 0 Å². The van der Waals surface area contributed by atoms with Crippen LogP contribution in [0.4, 0.5) is 0 Å². The molecule has 0 aliphatic carbocycles. The average molecular weight is 162 g/mol. The van der Waals surface area contributed by atoms with E-state index in [4.69, 9.17) is 0 Å². The quantitative estimate of drug-likeness (QED) is 0.636. The highest BCUT2D eigenvalue weighted by atomic mass is 15.3. The van der Waals surface area contributed by atoms with Crippen molar-refractivity contribution in [2.75, 3.05) is 0 Å². The van der Waals surface area contributed by atoms with E-state index in [-0.39, 0.29) is 0 Å². The molecule has 2 aromatic rings. The second-order valence-corrected chi connectivity index (χ2v) is 3.00. The van der Waals surface area contributed by atoms with Crippen LogP contribution in [0, 0.1) is 0 Å². The van der Waals surface area contributed by atoms with Gasteiger partial charge in [-0.15, -0.1) is 0 Å². The predicted molar refractivity (Wildman–Crippen MR) is 45.7 cm³/mol. The third-order valence-electron chi connectivity index (χ3n) is 1.73. The van der Waals surface area contributed by atoms with E-state index >= 15 is 0 Å². The Labute approximate surface area is 70.3 Å². The average Bonchev–Trinajstić information content (AvgIpc) is 2.46. The lowest BCUT2D eigenvalue weighted by molar-refractivity contribution is 0.536. The van der Waals surface area contributed by atoms with Crippen molar-refractivity contribution in [1.29, 1.82) is 0 Å². The van der Waals surface area contributed by atoms with Crippen LogP contribution in [0.25, 0.3) is 11.0 Å². The van der Waals surface area contributed by atoms with Gasteiger partial charge in [0.25, 0.3) is 0 Å². The molecule has 0 atom stereocenters. The number of fused-ring (bicyclic) bond motifs is 1. The summed E-state index contributed by atoms with van der Waals surface area (Å²) in [6.45, 7) is 4.17. The summed E-state index contributed by atoms with van der Waals surface area (Å²) in [5.74, 6) is 0. The number of hydrogen-bond acceptors (Lipinski definition) is 3. The number of nitrogens with zero attached hydrogens (tertiary/aromatic N) is 4. The van der Waals surface area contributed by atoms with E-state index in [1.54, 1.807) is 6.20 Å². The van der Waals surface area contributed by atoms with Gasteiger partial charge in [-0.1, -0.05) is 0 Å². The monoisotopic (exact) mass is 162 g/mol. The topological polar surface area (TPSA) is 43.6 Å². The van der Waals surface area contributed by atoms with E-state index in [0.29, 0.717) is 6.04 Å². The van der Waals surface area contributed by atoms with Gasteiger partial charge in [-0.25, -0.2) is 9.97 Å². The van der Waals surface area contributed by atoms with Crippen molar-refractivity contribution >= 4 is 11.0 Å². The zero-order valence-electron chi connectivity index (χ0n) is 7.10. The van der Waals surface area contributed by atoms with Crippen LogP contribution < -0.4 is 0 Å². The molecule has 0 aromatic carbocycles. The van der Waals surface area contributed by atoms with E-state index in [1.165, 1.54) is 6.33 Å². The van der Waals surface area contributed by atoms with E-state index in [1.807, 2.05) is 10.9 Å². The summed E-state index contributed by atoms with van der Waals surface area (Å²) in [6.07, 6.45) is 5.24. The highest BCUT2D eigenvalue weighted by Crippen LogP contribution is 2.10. The highest BCUT2D eigenvalue weighted by Gasteiger charge is 2.02. The first-order valence-corrected chi connectivity index (χ1v) is 3.92. The Morgan fingerprint density at radius 3 is 2.92 bits per heavy atom. The molecule has 0 aliphatic heterocycles. The molecular weight excluding hydrogens is 152 g/mol. The van der Waals surface area contributed by atoms with Crippen molar-refractivity contribution in [3.8, 4) is 0 Å². The maximum atomic E-state index is 4.28. The summed E-state index contributed by atoms with van der Waals surface area (Å²) in [4.78, 5) is 7.96. The van der Waals surface area contributed by atoms with Crippen molar-refractivity contribution < 1.29 is 0 Å². The smallest absolute Gasteiger partial charge is 0.184 e. The van der Waals surface area contributed by atoms with E-state index < -0.39 is 0 Å². The maximum Gasteiger partial charge on any atom is 0.184 e. The first kappa shape index (κ1) is 7.21.